The third kappa shape index (κ3) is 5.18. The molecule has 0 aliphatic heterocycles. The maximum atomic E-state index is 13.6. The zero-order chi connectivity index (χ0) is 17.6. The van der Waals surface area contributed by atoms with Crippen molar-refractivity contribution < 1.29 is 13.6 Å². The van der Waals surface area contributed by atoms with Gasteiger partial charge in [0.25, 0.3) is 0 Å². The highest BCUT2D eigenvalue weighted by molar-refractivity contribution is 8.01. The summed E-state index contributed by atoms with van der Waals surface area (Å²) in [4.78, 5) is 11.9. The van der Waals surface area contributed by atoms with E-state index in [-0.39, 0.29) is 17.3 Å². The van der Waals surface area contributed by atoms with Crippen molar-refractivity contribution in [2.24, 2.45) is 0 Å². The SMILES string of the molecule is O=C(CSc1nnc(NCc2ccco2)s1)Nc1cc(Cl)ccc1F. The normalized spacial score (nSPS) is 10.6. The van der Waals surface area contributed by atoms with Gasteiger partial charge in [0, 0.05) is 5.02 Å². The second-order valence-electron chi connectivity index (χ2n) is 4.77. The highest BCUT2D eigenvalue weighted by Gasteiger charge is 2.11. The molecular formula is C15H12ClFN4O2S2. The Bertz CT molecular complexity index is 857. The van der Waals surface area contributed by atoms with Gasteiger partial charge in [0.05, 0.1) is 24.2 Å². The smallest absolute Gasteiger partial charge is 0.234 e. The lowest BCUT2D eigenvalue weighted by Crippen LogP contribution is -2.15. The molecule has 0 aliphatic rings. The van der Waals surface area contributed by atoms with Gasteiger partial charge in [-0.15, -0.1) is 10.2 Å². The number of carbonyl (C=O) groups excluding carboxylic acids is 1. The van der Waals surface area contributed by atoms with Crippen molar-refractivity contribution in [3.05, 3.63) is 53.2 Å². The fourth-order valence-corrected chi connectivity index (χ4v) is 3.54. The van der Waals surface area contributed by atoms with Gasteiger partial charge < -0.3 is 15.1 Å². The van der Waals surface area contributed by atoms with Crippen LogP contribution in [0.3, 0.4) is 0 Å². The lowest BCUT2D eigenvalue weighted by Gasteiger charge is -2.05. The topological polar surface area (TPSA) is 80.1 Å². The summed E-state index contributed by atoms with van der Waals surface area (Å²) in [7, 11) is 0. The van der Waals surface area contributed by atoms with E-state index in [0.29, 0.717) is 21.0 Å². The molecule has 0 unspecified atom stereocenters. The van der Waals surface area contributed by atoms with Crippen molar-refractivity contribution in [3.8, 4) is 0 Å². The largest absolute Gasteiger partial charge is 0.467 e. The number of aromatic nitrogens is 2. The molecule has 0 saturated carbocycles. The Labute approximate surface area is 155 Å². The highest BCUT2D eigenvalue weighted by Crippen LogP contribution is 2.26. The van der Waals surface area contributed by atoms with Crippen LogP contribution in [-0.4, -0.2) is 21.9 Å². The number of amides is 1. The van der Waals surface area contributed by atoms with Crippen LogP contribution < -0.4 is 10.6 Å². The third-order valence-electron chi connectivity index (χ3n) is 2.93. The molecule has 2 heterocycles. The first-order chi connectivity index (χ1) is 12.1. The molecule has 1 aromatic carbocycles. The van der Waals surface area contributed by atoms with Crippen molar-refractivity contribution in [2.75, 3.05) is 16.4 Å². The number of rotatable bonds is 7. The molecule has 6 nitrogen and oxygen atoms in total. The van der Waals surface area contributed by atoms with E-state index in [1.165, 1.54) is 41.3 Å². The summed E-state index contributed by atoms with van der Waals surface area (Å²) in [5.74, 6) is -0.0273. The number of nitrogens with zero attached hydrogens (tertiary/aromatic N) is 2. The van der Waals surface area contributed by atoms with E-state index in [9.17, 15) is 9.18 Å². The van der Waals surface area contributed by atoms with Gasteiger partial charge >= 0.3 is 0 Å². The van der Waals surface area contributed by atoms with Gasteiger partial charge in [-0.2, -0.15) is 0 Å². The number of thioether (sulfide) groups is 1. The summed E-state index contributed by atoms with van der Waals surface area (Å²) in [6.45, 7) is 0.501. The van der Waals surface area contributed by atoms with Crippen molar-refractivity contribution in [1.29, 1.82) is 0 Å². The van der Waals surface area contributed by atoms with E-state index < -0.39 is 5.82 Å². The van der Waals surface area contributed by atoms with Crippen LogP contribution in [-0.2, 0) is 11.3 Å². The van der Waals surface area contributed by atoms with Crippen molar-refractivity contribution >= 4 is 51.4 Å². The summed E-state index contributed by atoms with van der Waals surface area (Å²) in [6, 6.07) is 7.64. The standard InChI is InChI=1S/C15H12ClFN4O2S2/c16-9-3-4-11(17)12(6-9)19-13(22)8-24-15-21-20-14(25-15)18-7-10-2-1-5-23-10/h1-6H,7-8H2,(H,18,20)(H,19,22). The molecule has 0 radical (unpaired) electrons. The van der Waals surface area contributed by atoms with Gasteiger partial charge in [-0.1, -0.05) is 34.7 Å². The maximum absolute atomic E-state index is 13.6. The van der Waals surface area contributed by atoms with E-state index >= 15 is 0 Å². The number of halogens is 2. The molecule has 0 spiro atoms. The Morgan fingerprint density at radius 3 is 3.04 bits per heavy atom. The first-order valence-electron chi connectivity index (χ1n) is 7.07. The second-order valence-corrected chi connectivity index (χ2v) is 7.40. The van der Waals surface area contributed by atoms with E-state index in [1.807, 2.05) is 6.07 Å². The number of nitrogens with one attached hydrogen (secondary N) is 2. The summed E-state index contributed by atoms with van der Waals surface area (Å²) in [5.41, 5.74) is 0.0520. The number of anilines is 2. The first kappa shape index (κ1) is 17.7. The molecule has 3 aromatic rings. The molecule has 2 aromatic heterocycles. The fourth-order valence-electron chi connectivity index (χ4n) is 1.82. The molecule has 0 aliphatic carbocycles. The lowest BCUT2D eigenvalue weighted by atomic mass is 10.3. The Morgan fingerprint density at radius 1 is 1.36 bits per heavy atom. The fraction of sp³-hybridized carbons (Fsp3) is 0.133. The minimum Gasteiger partial charge on any atom is -0.467 e. The average molecular weight is 399 g/mol. The number of hydrogen-bond donors (Lipinski definition) is 2. The van der Waals surface area contributed by atoms with Gasteiger partial charge in [0.1, 0.15) is 11.6 Å². The van der Waals surface area contributed by atoms with Gasteiger partial charge in [0.15, 0.2) is 4.34 Å². The summed E-state index contributed by atoms with van der Waals surface area (Å²) in [5, 5.41) is 14.5. The van der Waals surface area contributed by atoms with Crippen LogP contribution in [0.1, 0.15) is 5.76 Å². The van der Waals surface area contributed by atoms with E-state index in [1.54, 1.807) is 12.3 Å². The van der Waals surface area contributed by atoms with E-state index in [0.717, 1.165) is 5.76 Å². The second kappa shape index (κ2) is 8.32. The van der Waals surface area contributed by atoms with Gasteiger partial charge in [-0.25, -0.2) is 4.39 Å². The molecule has 10 heteroatoms. The molecule has 2 N–H and O–H groups in total. The average Bonchev–Trinajstić information content (AvgIpc) is 3.26. The van der Waals surface area contributed by atoms with Crippen molar-refractivity contribution in [2.45, 2.75) is 10.9 Å². The van der Waals surface area contributed by atoms with Crippen LogP contribution in [0.5, 0.6) is 0 Å². The molecule has 0 atom stereocenters. The van der Waals surface area contributed by atoms with Crippen LogP contribution >= 0.6 is 34.7 Å². The Balaban J connectivity index is 1.48. The Morgan fingerprint density at radius 2 is 2.24 bits per heavy atom. The molecule has 3 rings (SSSR count). The molecule has 0 fully saturated rings. The highest BCUT2D eigenvalue weighted by atomic mass is 35.5. The Kier molecular flexibility index (Phi) is 5.90. The van der Waals surface area contributed by atoms with Gasteiger partial charge in [0.2, 0.25) is 11.0 Å². The van der Waals surface area contributed by atoms with E-state index in [4.69, 9.17) is 16.0 Å². The van der Waals surface area contributed by atoms with Crippen LogP contribution in [0, 0.1) is 5.82 Å². The maximum Gasteiger partial charge on any atom is 0.234 e. The minimum atomic E-state index is -0.539. The quantitative estimate of drug-likeness (QED) is 0.578. The predicted molar refractivity (Wildman–Crippen MR) is 96.7 cm³/mol. The summed E-state index contributed by atoms with van der Waals surface area (Å²) in [6.07, 6.45) is 1.60. The van der Waals surface area contributed by atoms with Gasteiger partial charge in [-0.3, -0.25) is 4.79 Å². The molecule has 25 heavy (non-hydrogen) atoms. The molecule has 1 amide bonds. The third-order valence-corrected chi connectivity index (χ3v) is 5.18. The number of benzene rings is 1. The zero-order valence-electron chi connectivity index (χ0n) is 12.7. The number of hydrogen-bond acceptors (Lipinski definition) is 7. The molecule has 0 saturated heterocycles. The summed E-state index contributed by atoms with van der Waals surface area (Å²) >= 11 is 8.33. The molecular weight excluding hydrogens is 387 g/mol. The zero-order valence-corrected chi connectivity index (χ0v) is 15.1. The first-order valence-corrected chi connectivity index (χ1v) is 9.25. The summed E-state index contributed by atoms with van der Waals surface area (Å²) < 4.78 is 19.4. The molecule has 130 valence electrons. The minimum absolute atomic E-state index is 0.0520. The van der Waals surface area contributed by atoms with Crippen LogP contribution in [0.25, 0.3) is 0 Å². The van der Waals surface area contributed by atoms with E-state index in [2.05, 4.69) is 20.8 Å². The van der Waals surface area contributed by atoms with Gasteiger partial charge in [-0.05, 0) is 30.3 Å². The monoisotopic (exact) mass is 398 g/mol. The Hall–Kier alpha value is -2.10. The number of furan rings is 1. The molecule has 0 bridgehead atoms. The van der Waals surface area contributed by atoms with Crippen molar-refractivity contribution in [1.82, 2.24) is 10.2 Å². The lowest BCUT2D eigenvalue weighted by molar-refractivity contribution is -0.113. The van der Waals surface area contributed by atoms with Crippen LogP contribution in [0.4, 0.5) is 15.2 Å². The number of carbonyl (C=O) groups is 1. The van der Waals surface area contributed by atoms with Crippen molar-refractivity contribution in [3.63, 3.8) is 0 Å². The van der Waals surface area contributed by atoms with Crippen LogP contribution in [0.2, 0.25) is 5.02 Å². The van der Waals surface area contributed by atoms with Crippen LogP contribution in [0.15, 0.2) is 45.4 Å². The predicted octanol–water partition coefficient (Wildman–Crippen LogP) is 4.27.